The molecule has 1 N–H and O–H groups in total. The van der Waals surface area contributed by atoms with Gasteiger partial charge in [0.1, 0.15) is 5.75 Å². The molecule has 1 aliphatic heterocycles. The minimum Gasteiger partial charge on any atom is -0.481 e. The van der Waals surface area contributed by atoms with Crippen LogP contribution in [-0.2, 0) is 22.6 Å². The number of halogens is 1. The monoisotopic (exact) mass is 300 g/mol. The molecule has 1 heterocycles. The summed E-state index contributed by atoms with van der Waals surface area (Å²) >= 11 is 3.48. The van der Waals surface area contributed by atoms with Gasteiger partial charge in [-0.2, -0.15) is 0 Å². The molecule has 1 aromatic carbocycles. The van der Waals surface area contributed by atoms with Crippen LogP contribution in [-0.4, -0.2) is 17.9 Å². The van der Waals surface area contributed by atoms with Crippen LogP contribution in [0, 0.1) is 0 Å². The van der Waals surface area contributed by atoms with E-state index in [0.29, 0.717) is 13.0 Å². The van der Waals surface area contributed by atoms with Crippen molar-refractivity contribution in [3.8, 4) is 5.75 Å². The fourth-order valence-corrected chi connectivity index (χ4v) is 2.35. The van der Waals surface area contributed by atoms with Gasteiger partial charge in [0.25, 0.3) is 0 Å². The van der Waals surface area contributed by atoms with Crippen molar-refractivity contribution in [1.29, 1.82) is 0 Å². The largest absolute Gasteiger partial charge is 0.481 e. The third kappa shape index (κ3) is 3.20. The summed E-state index contributed by atoms with van der Waals surface area (Å²) in [7, 11) is 0. The fraction of sp³-hybridized carbons (Fsp3) is 0.417. The van der Waals surface area contributed by atoms with Crippen molar-refractivity contribution in [3.63, 3.8) is 0 Å². The van der Waals surface area contributed by atoms with Crippen LogP contribution in [0.1, 0.15) is 24.0 Å². The number of carboxylic acids is 1. The van der Waals surface area contributed by atoms with Gasteiger partial charge in [0.05, 0.1) is 6.61 Å². The molecular weight excluding hydrogens is 288 g/mol. The molecule has 0 unspecified atom stereocenters. The Labute approximate surface area is 108 Å². The van der Waals surface area contributed by atoms with E-state index in [2.05, 4.69) is 15.9 Å². The molecule has 1 aliphatic rings. The quantitative estimate of drug-likeness (QED) is 0.929. The average molecular weight is 301 g/mol. The Morgan fingerprint density at radius 3 is 3.06 bits per heavy atom. The number of ether oxygens (including phenoxy) is 2. The maximum absolute atomic E-state index is 10.5. The normalized spacial score (nSPS) is 13.9. The zero-order valence-electron chi connectivity index (χ0n) is 9.24. The van der Waals surface area contributed by atoms with Gasteiger partial charge >= 0.3 is 5.97 Å². The Morgan fingerprint density at radius 2 is 2.29 bits per heavy atom. The highest BCUT2D eigenvalue weighted by Gasteiger charge is 2.13. The van der Waals surface area contributed by atoms with E-state index in [1.54, 1.807) is 0 Å². The first-order valence-corrected chi connectivity index (χ1v) is 6.20. The summed E-state index contributed by atoms with van der Waals surface area (Å²) in [6.45, 7) is 0.840. The number of hydrogen-bond acceptors (Lipinski definition) is 3. The third-order valence-corrected chi connectivity index (χ3v) is 3.36. The number of benzene rings is 1. The third-order valence-electron chi connectivity index (χ3n) is 2.62. The van der Waals surface area contributed by atoms with Crippen LogP contribution < -0.4 is 4.74 Å². The number of rotatable bonds is 4. The summed E-state index contributed by atoms with van der Waals surface area (Å²) in [5.41, 5.74) is 2.09. The molecule has 0 aliphatic carbocycles. The highest BCUT2D eigenvalue weighted by atomic mass is 79.9. The predicted molar refractivity (Wildman–Crippen MR) is 65.0 cm³/mol. The molecule has 0 spiro atoms. The van der Waals surface area contributed by atoms with Gasteiger partial charge in [-0.3, -0.25) is 4.79 Å². The molecule has 2 rings (SSSR count). The summed E-state index contributed by atoms with van der Waals surface area (Å²) in [6, 6.07) is 3.94. The lowest BCUT2D eigenvalue weighted by atomic mass is 10.0. The Bertz CT molecular complexity index is 431. The molecule has 0 saturated carbocycles. The first-order valence-electron chi connectivity index (χ1n) is 5.40. The SMILES string of the molecule is O=C(O)CCCc1cc2c(cc1Br)COCO2. The molecule has 0 bridgehead atoms. The smallest absolute Gasteiger partial charge is 0.303 e. The van der Waals surface area contributed by atoms with E-state index >= 15 is 0 Å². The minimum atomic E-state index is -0.760. The van der Waals surface area contributed by atoms with Crippen molar-refractivity contribution in [2.75, 3.05) is 6.79 Å². The van der Waals surface area contributed by atoms with Crippen LogP contribution in [0.4, 0.5) is 0 Å². The second kappa shape index (κ2) is 5.51. The molecule has 1 aromatic rings. The van der Waals surface area contributed by atoms with E-state index in [-0.39, 0.29) is 13.2 Å². The van der Waals surface area contributed by atoms with E-state index in [1.807, 2.05) is 12.1 Å². The van der Waals surface area contributed by atoms with Crippen molar-refractivity contribution in [1.82, 2.24) is 0 Å². The van der Waals surface area contributed by atoms with Crippen molar-refractivity contribution >= 4 is 21.9 Å². The summed E-state index contributed by atoms with van der Waals surface area (Å²) in [5, 5.41) is 8.60. The summed E-state index contributed by atoms with van der Waals surface area (Å²) < 4.78 is 11.6. The highest BCUT2D eigenvalue weighted by molar-refractivity contribution is 9.10. The van der Waals surface area contributed by atoms with Crippen LogP contribution >= 0.6 is 15.9 Å². The van der Waals surface area contributed by atoms with E-state index in [1.165, 1.54) is 0 Å². The average Bonchev–Trinajstić information content (AvgIpc) is 2.29. The summed E-state index contributed by atoms with van der Waals surface area (Å²) in [5.74, 6) is 0.0773. The molecule has 4 nitrogen and oxygen atoms in total. The Morgan fingerprint density at radius 1 is 1.47 bits per heavy atom. The first-order chi connectivity index (χ1) is 8.16. The number of aryl methyl sites for hydroxylation is 1. The summed E-state index contributed by atoms with van der Waals surface area (Å²) in [6.07, 6.45) is 1.54. The second-order valence-corrected chi connectivity index (χ2v) is 4.76. The van der Waals surface area contributed by atoms with Gasteiger partial charge in [-0.15, -0.1) is 0 Å². The van der Waals surface area contributed by atoms with Crippen LogP contribution in [0.25, 0.3) is 0 Å². The molecule has 17 heavy (non-hydrogen) atoms. The number of aliphatic carboxylic acids is 1. The molecule has 0 aromatic heterocycles. The Balaban J connectivity index is 2.09. The minimum absolute atomic E-state index is 0.188. The van der Waals surface area contributed by atoms with Gasteiger partial charge in [-0.05, 0) is 30.5 Å². The van der Waals surface area contributed by atoms with E-state index in [4.69, 9.17) is 14.6 Å². The Hall–Kier alpha value is -1.07. The highest BCUT2D eigenvalue weighted by Crippen LogP contribution is 2.31. The molecule has 0 atom stereocenters. The maximum Gasteiger partial charge on any atom is 0.303 e. The van der Waals surface area contributed by atoms with Crippen molar-refractivity contribution in [2.45, 2.75) is 25.9 Å². The lowest BCUT2D eigenvalue weighted by Crippen LogP contribution is -2.11. The van der Waals surface area contributed by atoms with Crippen molar-refractivity contribution in [2.24, 2.45) is 0 Å². The van der Waals surface area contributed by atoms with Crippen LogP contribution in [0.3, 0.4) is 0 Å². The summed E-state index contributed by atoms with van der Waals surface area (Å²) in [4.78, 5) is 10.5. The topological polar surface area (TPSA) is 55.8 Å². The zero-order valence-corrected chi connectivity index (χ0v) is 10.8. The standard InChI is InChI=1S/C12H13BrO4/c13-10-4-9-6-16-7-17-11(9)5-8(10)2-1-3-12(14)15/h4-5H,1-3,6-7H2,(H,14,15). The maximum atomic E-state index is 10.5. The van der Waals surface area contributed by atoms with Gasteiger partial charge < -0.3 is 14.6 Å². The fourth-order valence-electron chi connectivity index (χ4n) is 1.76. The molecular formula is C12H13BrO4. The van der Waals surface area contributed by atoms with Crippen LogP contribution in [0.2, 0.25) is 0 Å². The van der Waals surface area contributed by atoms with E-state index < -0.39 is 5.97 Å². The van der Waals surface area contributed by atoms with Crippen molar-refractivity contribution < 1.29 is 19.4 Å². The Kier molecular flexibility index (Phi) is 4.02. The van der Waals surface area contributed by atoms with Crippen molar-refractivity contribution in [3.05, 3.63) is 27.7 Å². The zero-order chi connectivity index (χ0) is 12.3. The van der Waals surface area contributed by atoms with Gasteiger partial charge in [-0.25, -0.2) is 0 Å². The van der Waals surface area contributed by atoms with E-state index in [0.717, 1.165) is 27.8 Å². The van der Waals surface area contributed by atoms with Gasteiger partial charge in [0.15, 0.2) is 6.79 Å². The molecule has 0 saturated heterocycles. The van der Waals surface area contributed by atoms with E-state index in [9.17, 15) is 4.79 Å². The van der Waals surface area contributed by atoms with Crippen LogP contribution in [0.5, 0.6) is 5.75 Å². The molecule has 0 fully saturated rings. The van der Waals surface area contributed by atoms with Gasteiger partial charge in [0.2, 0.25) is 0 Å². The first kappa shape index (κ1) is 12.4. The number of carbonyl (C=O) groups is 1. The van der Waals surface area contributed by atoms with Crippen LogP contribution in [0.15, 0.2) is 16.6 Å². The van der Waals surface area contributed by atoms with Gasteiger partial charge in [-0.1, -0.05) is 15.9 Å². The lowest BCUT2D eigenvalue weighted by molar-refractivity contribution is -0.137. The second-order valence-electron chi connectivity index (χ2n) is 3.91. The number of hydrogen-bond donors (Lipinski definition) is 1. The molecule has 92 valence electrons. The molecule has 5 heteroatoms. The number of fused-ring (bicyclic) bond motifs is 1. The van der Waals surface area contributed by atoms with Gasteiger partial charge in [0, 0.05) is 16.5 Å². The lowest BCUT2D eigenvalue weighted by Gasteiger charge is -2.19. The molecule has 0 radical (unpaired) electrons. The molecule has 0 amide bonds. The predicted octanol–water partition coefficient (Wildman–Crippen LogP) is 2.72. The number of carboxylic acid groups (broad SMARTS) is 1.